The topological polar surface area (TPSA) is 0 Å². The van der Waals surface area contributed by atoms with Gasteiger partial charge in [-0.3, -0.25) is 0 Å². The van der Waals surface area contributed by atoms with Crippen molar-refractivity contribution >= 4 is 13.3 Å². The third-order valence-electron chi connectivity index (χ3n) is 5.92. The summed E-state index contributed by atoms with van der Waals surface area (Å²) in [6, 6.07) is 0. The predicted octanol–water partition coefficient (Wildman–Crippen LogP) is 7.27. The van der Waals surface area contributed by atoms with E-state index in [4.69, 9.17) is 0 Å². The average molecular weight is 341 g/mol. The van der Waals surface area contributed by atoms with Crippen molar-refractivity contribution in [1.82, 2.24) is 0 Å². The molecule has 0 bridgehead atoms. The van der Waals surface area contributed by atoms with Gasteiger partial charge >= 0.3 is 132 Å². The molecule has 1 heteroatoms. The molecule has 0 nitrogen and oxygen atoms in total. The molecule has 1 rings (SSSR count). The van der Waals surface area contributed by atoms with Gasteiger partial charge in [-0.1, -0.05) is 0 Å². The van der Waals surface area contributed by atoms with Crippen LogP contribution in [0.2, 0.25) is 21.0 Å². The van der Waals surface area contributed by atoms with Gasteiger partial charge in [-0.05, 0) is 0 Å². The van der Waals surface area contributed by atoms with E-state index in [1.54, 1.807) is 27.4 Å². The fourth-order valence-electron chi connectivity index (χ4n) is 4.42. The minimum absolute atomic E-state index is 1.05. The molecule has 0 aromatic heterocycles. The normalized spacial score (nSPS) is 23.4. The summed E-state index contributed by atoms with van der Waals surface area (Å²) >= 11 is -1.55. The van der Waals surface area contributed by atoms with Crippen molar-refractivity contribution < 1.29 is 0 Å². The molecule has 0 N–H and O–H groups in total. The van der Waals surface area contributed by atoms with Crippen LogP contribution in [-0.2, 0) is 0 Å². The fraction of sp³-hybridized carbons (Fsp3) is 1.00. The Morgan fingerprint density at radius 1 is 0.800 bits per heavy atom. The van der Waals surface area contributed by atoms with Gasteiger partial charge in [-0.25, -0.2) is 0 Å². The van der Waals surface area contributed by atoms with Gasteiger partial charge in [0.15, 0.2) is 0 Å². The molecule has 0 saturated heterocycles. The maximum absolute atomic E-state index is 2.55. The minimum atomic E-state index is -1.55. The number of rotatable bonds is 11. The van der Waals surface area contributed by atoms with Crippen LogP contribution >= 0.6 is 0 Å². The van der Waals surface area contributed by atoms with Gasteiger partial charge in [-0.2, -0.15) is 0 Å². The summed E-state index contributed by atoms with van der Waals surface area (Å²) in [5, 5.41) is 6.82. The summed E-state index contributed by atoms with van der Waals surface area (Å²) < 4.78 is 0. The Labute approximate surface area is 131 Å². The van der Waals surface area contributed by atoms with E-state index in [1.165, 1.54) is 51.4 Å². The molecule has 0 amide bonds. The van der Waals surface area contributed by atoms with Crippen LogP contribution in [0.15, 0.2) is 0 Å². The molecule has 1 saturated carbocycles. The van der Waals surface area contributed by atoms with E-state index in [0.29, 0.717) is 0 Å². The van der Waals surface area contributed by atoms with Crippen LogP contribution in [0, 0.1) is 11.8 Å². The number of unbranched alkanes of at least 4 members (excludes halogenated alkanes) is 3. The molecule has 1 fully saturated rings. The SMILES string of the molecule is CCC[CH2][Ge]([CH2]CCC)([CH2]CCC)[CH2][C@@H]1CCC[C@@H]1C. The molecule has 0 heterocycles. The quantitative estimate of drug-likeness (QED) is 0.347. The first-order chi connectivity index (χ1) is 9.67. The molecule has 0 aromatic rings. The van der Waals surface area contributed by atoms with Gasteiger partial charge < -0.3 is 0 Å². The Bertz CT molecular complexity index is 214. The number of hydrogen-bond donors (Lipinski definition) is 0. The summed E-state index contributed by atoms with van der Waals surface area (Å²) in [7, 11) is 0. The molecule has 1 aliphatic carbocycles. The Kier molecular flexibility index (Phi) is 9.57. The molecule has 0 aromatic carbocycles. The number of hydrogen-bond acceptors (Lipinski definition) is 0. The van der Waals surface area contributed by atoms with Gasteiger partial charge in [0.1, 0.15) is 0 Å². The van der Waals surface area contributed by atoms with E-state index in [2.05, 4.69) is 27.7 Å². The molecule has 0 spiro atoms. The molecule has 2 atom stereocenters. The monoisotopic (exact) mass is 342 g/mol. The van der Waals surface area contributed by atoms with Crippen LogP contribution in [-0.4, -0.2) is 13.3 Å². The van der Waals surface area contributed by atoms with E-state index in [9.17, 15) is 0 Å². The Morgan fingerprint density at radius 2 is 1.30 bits per heavy atom. The molecule has 0 aliphatic heterocycles. The fourth-order valence-corrected chi connectivity index (χ4v) is 17.8. The first-order valence-electron chi connectivity index (χ1n) is 9.67. The van der Waals surface area contributed by atoms with E-state index in [1.807, 2.05) is 0 Å². The van der Waals surface area contributed by atoms with Crippen LogP contribution in [0.5, 0.6) is 0 Å². The van der Waals surface area contributed by atoms with E-state index < -0.39 is 13.3 Å². The molecule has 1 aliphatic rings. The molecule has 120 valence electrons. The van der Waals surface area contributed by atoms with E-state index >= 15 is 0 Å². The van der Waals surface area contributed by atoms with E-state index in [0.717, 1.165) is 11.8 Å². The maximum atomic E-state index is 2.55. The van der Waals surface area contributed by atoms with Crippen molar-refractivity contribution in [3.63, 3.8) is 0 Å². The second-order valence-corrected chi connectivity index (χ2v) is 18.0. The molecule has 0 unspecified atom stereocenters. The van der Waals surface area contributed by atoms with Crippen LogP contribution in [0.25, 0.3) is 0 Å². The van der Waals surface area contributed by atoms with Crippen LogP contribution < -0.4 is 0 Å². The summed E-state index contributed by atoms with van der Waals surface area (Å²) in [4.78, 5) is 0. The molecular weight excluding hydrogens is 301 g/mol. The third-order valence-corrected chi connectivity index (χ3v) is 17.7. The molecular formula is C19H40Ge. The Morgan fingerprint density at radius 3 is 1.65 bits per heavy atom. The van der Waals surface area contributed by atoms with Crippen molar-refractivity contribution in [3.8, 4) is 0 Å². The van der Waals surface area contributed by atoms with Crippen molar-refractivity contribution in [3.05, 3.63) is 0 Å². The van der Waals surface area contributed by atoms with Crippen LogP contribution in [0.1, 0.15) is 85.5 Å². The zero-order valence-corrected chi connectivity index (χ0v) is 16.9. The van der Waals surface area contributed by atoms with E-state index in [-0.39, 0.29) is 0 Å². The van der Waals surface area contributed by atoms with Gasteiger partial charge in [0.05, 0.1) is 0 Å². The first kappa shape index (κ1) is 18.6. The van der Waals surface area contributed by atoms with Crippen molar-refractivity contribution in [2.75, 3.05) is 0 Å². The summed E-state index contributed by atoms with van der Waals surface area (Å²) in [5.41, 5.74) is 0. The average Bonchev–Trinajstić information content (AvgIpc) is 2.85. The van der Waals surface area contributed by atoms with Gasteiger partial charge in [0.2, 0.25) is 0 Å². The van der Waals surface area contributed by atoms with Crippen molar-refractivity contribution in [1.29, 1.82) is 0 Å². The van der Waals surface area contributed by atoms with Gasteiger partial charge in [-0.15, -0.1) is 0 Å². The predicted molar refractivity (Wildman–Crippen MR) is 96.2 cm³/mol. The second kappa shape index (κ2) is 10.3. The zero-order valence-electron chi connectivity index (χ0n) is 14.8. The van der Waals surface area contributed by atoms with Crippen LogP contribution in [0.3, 0.4) is 0 Å². The standard InChI is InChI=1S/C19H40Ge/c1-5-8-14-20(15-9-6-2,16-10-7-3)17-19-13-11-12-18(19)4/h18-19H,5-17H2,1-4H3/t18-,19-/m0/s1. The van der Waals surface area contributed by atoms with Gasteiger partial charge in [0, 0.05) is 0 Å². The summed E-state index contributed by atoms with van der Waals surface area (Å²) in [6.07, 6.45) is 13.5. The van der Waals surface area contributed by atoms with Crippen molar-refractivity contribution in [2.24, 2.45) is 11.8 Å². The molecule has 0 radical (unpaired) electrons. The zero-order chi connectivity index (χ0) is 14.8. The summed E-state index contributed by atoms with van der Waals surface area (Å²) in [5.74, 6) is 2.17. The third kappa shape index (κ3) is 6.12. The second-order valence-electron chi connectivity index (χ2n) is 7.68. The van der Waals surface area contributed by atoms with Crippen LogP contribution in [0.4, 0.5) is 0 Å². The first-order valence-corrected chi connectivity index (χ1v) is 15.6. The van der Waals surface area contributed by atoms with Gasteiger partial charge in [0.25, 0.3) is 0 Å². The van der Waals surface area contributed by atoms with Crippen molar-refractivity contribution in [2.45, 2.75) is 106 Å². The molecule has 20 heavy (non-hydrogen) atoms. The Balaban J connectivity index is 2.69. The Hall–Kier alpha value is 0.543. The summed E-state index contributed by atoms with van der Waals surface area (Å²) in [6.45, 7) is 9.73.